The number of nitrogens with zero attached hydrogens (tertiary/aromatic N) is 1. The lowest BCUT2D eigenvalue weighted by Crippen LogP contribution is -2.46. The molecule has 19 heavy (non-hydrogen) atoms. The van der Waals surface area contributed by atoms with E-state index in [1.54, 1.807) is 0 Å². The SMILES string of the molecule is CN[C@H]1CCCN(S(=O)(=O)c2ccc(F)cc2Br)C1. The largest absolute Gasteiger partial charge is 0.316 e. The molecule has 1 aliphatic heterocycles. The van der Waals surface area contributed by atoms with Crippen molar-refractivity contribution in [3.05, 3.63) is 28.5 Å². The highest BCUT2D eigenvalue weighted by Crippen LogP contribution is 2.27. The van der Waals surface area contributed by atoms with Crippen LogP contribution in [0.25, 0.3) is 0 Å². The molecule has 0 radical (unpaired) electrons. The van der Waals surface area contributed by atoms with E-state index in [0.29, 0.717) is 13.1 Å². The quantitative estimate of drug-likeness (QED) is 0.906. The number of sulfonamides is 1. The van der Waals surface area contributed by atoms with Crippen LogP contribution in [-0.4, -0.2) is 38.9 Å². The smallest absolute Gasteiger partial charge is 0.244 e. The molecule has 1 N–H and O–H groups in total. The third-order valence-electron chi connectivity index (χ3n) is 3.30. The fourth-order valence-electron chi connectivity index (χ4n) is 2.22. The van der Waals surface area contributed by atoms with Gasteiger partial charge < -0.3 is 5.32 Å². The molecule has 106 valence electrons. The summed E-state index contributed by atoms with van der Waals surface area (Å²) >= 11 is 3.12. The van der Waals surface area contributed by atoms with Gasteiger partial charge in [0.25, 0.3) is 0 Å². The van der Waals surface area contributed by atoms with E-state index in [4.69, 9.17) is 0 Å². The molecule has 4 nitrogen and oxygen atoms in total. The van der Waals surface area contributed by atoms with Crippen molar-refractivity contribution in [3.63, 3.8) is 0 Å². The molecule has 0 unspecified atom stereocenters. The predicted octanol–water partition coefficient (Wildman–Crippen LogP) is 1.96. The molecule has 1 fully saturated rings. The molecule has 2 rings (SSSR count). The van der Waals surface area contributed by atoms with Crippen LogP contribution in [0.3, 0.4) is 0 Å². The van der Waals surface area contributed by atoms with Crippen LogP contribution in [-0.2, 0) is 10.0 Å². The summed E-state index contributed by atoms with van der Waals surface area (Å²) in [4.78, 5) is 0.116. The lowest BCUT2D eigenvalue weighted by atomic mass is 10.1. The van der Waals surface area contributed by atoms with Gasteiger partial charge in [0, 0.05) is 23.6 Å². The van der Waals surface area contributed by atoms with E-state index >= 15 is 0 Å². The normalized spacial score (nSPS) is 21.5. The van der Waals surface area contributed by atoms with Crippen molar-refractivity contribution in [1.29, 1.82) is 0 Å². The zero-order valence-corrected chi connectivity index (χ0v) is 13.0. The van der Waals surface area contributed by atoms with Crippen molar-refractivity contribution >= 4 is 26.0 Å². The highest BCUT2D eigenvalue weighted by Gasteiger charge is 2.31. The second-order valence-corrected chi connectivity index (χ2v) is 7.33. The van der Waals surface area contributed by atoms with Gasteiger partial charge in [-0.1, -0.05) is 0 Å². The molecule has 0 saturated carbocycles. The summed E-state index contributed by atoms with van der Waals surface area (Å²) in [5.41, 5.74) is 0. The Morgan fingerprint density at radius 1 is 1.47 bits per heavy atom. The van der Waals surface area contributed by atoms with E-state index in [2.05, 4.69) is 21.2 Å². The number of piperidine rings is 1. The summed E-state index contributed by atoms with van der Waals surface area (Å²) in [5, 5.41) is 3.10. The highest BCUT2D eigenvalue weighted by molar-refractivity contribution is 9.10. The standard InChI is InChI=1S/C12H16BrFN2O2S/c1-15-10-3-2-6-16(8-10)19(17,18)12-5-4-9(14)7-11(12)13/h4-5,7,10,15H,2-3,6,8H2,1H3/t10-/m0/s1. The number of halogens is 2. The maximum Gasteiger partial charge on any atom is 0.244 e. The van der Waals surface area contributed by atoms with Crippen LogP contribution in [0, 0.1) is 5.82 Å². The second kappa shape index (κ2) is 5.87. The second-order valence-electron chi connectivity index (χ2n) is 4.57. The van der Waals surface area contributed by atoms with E-state index in [1.807, 2.05) is 7.05 Å². The van der Waals surface area contributed by atoms with Crippen LogP contribution in [0.1, 0.15) is 12.8 Å². The Labute approximate surface area is 121 Å². The van der Waals surface area contributed by atoms with Gasteiger partial charge in [-0.3, -0.25) is 0 Å². The molecule has 1 aromatic rings. The van der Waals surface area contributed by atoms with Crippen molar-refractivity contribution in [2.75, 3.05) is 20.1 Å². The van der Waals surface area contributed by atoms with E-state index < -0.39 is 15.8 Å². The summed E-state index contributed by atoms with van der Waals surface area (Å²) in [6, 6.07) is 3.81. The topological polar surface area (TPSA) is 49.4 Å². The molecule has 1 aromatic carbocycles. The summed E-state index contributed by atoms with van der Waals surface area (Å²) in [6.45, 7) is 0.951. The van der Waals surface area contributed by atoms with Crippen LogP contribution in [0.4, 0.5) is 4.39 Å². The van der Waals surface area contributed by atoms with Crippen molar-refractivity contribution < 1.29 is 12.8 Å². The molecule has 0 amide bonds. The molecule has 7 heteroatoms. The lowest BCUT2D eigenvalue weighted by Gasteiger charge is -2.31. The van der Waals surface area contributed by atoms with Gasteiger partial charge in [0.05, 0.1) is 4.90 Å². The van der Waals surface area contributed by atoms with Crippen molar-refractivity contribution in [2.24, 2.45) is 0 Å². The fourth-order valence-corrected chi connectivity index (χ4v) is 4.75. The number of hydrogen-bond donors (Lipinski definition) is 1. The van der Waals surface area contributed by atoms with Crippen LogP contribution < -0.4 is 5.32 Å². The molecule has 1 aliphatic rings. The molecule has 1 atom stereocenters. The summed E-state index contributed by atoms with van der Waals surface area (Å²) in [6.07, 6.45) is 1.79. The summed E-state index contributed by atoms with van der Waals surface area (Å²) in [7, 11) is -1.74. The zero-order chi connectivity index (χ0) is 14.0. The maximum absolute atomic E-state index is 13.0. The van der Waals surface area contributed by atoms with E-state index in [-0.39, 0.29) is 15.4 Å². The summed E-state index contributed by atoms with van der Waals surface area (Å²) < 4.78 is 39.8. The van der Waals surface area contributed by atoms with Gasteiger partial charge in [-0.15, -0.1) is 0 Å². The molecular weight excluding hydrogens is 335 g/mol. The number of benzene rings is 1. The van der Waals surface area contributed by atoms with Crippen molar-refractivity contribution in [2.45, 2.75) is 23.8 Å². The minimum atomic E-state index is -3.57. The van der Waals surface area contributed by atoms with Crippen molar-refractivity contribution in [3.8, 4) is 0 Å². The van der Waals surface area contributed by atoms with E-state index in [0.717, 1.165) is 18.9 Å². The van der Waals surface area contributed by atoms with Gasteiger partial charge >= 0.3 is 0 Å². The number of hydrogen-bond acceptors (Lipinski definition) is 3. The van der Waals surface area contributed by atoms with Gasteiger partial charge in [0.2, 0.25) is 10.0 Å². The van der Waals surface area contributed by atoms with Crippen LogP contribution >= 0.6 is 15.9 Å². The molecule has 0 spiro atoms. The Balaban J connectivity index is 2.31. The highest BCUT2D eigenvalue weighted by atomic mass is 79.9. The first-order valence-electron chi connectivity index (χ1n) is 6.07. The van der Waals surface area contributed by atoms with Crippen molar-refractivity contribution in [1.82, 2.24) is 9.62 Å². The average Bonchev–Trinajstić information content (AvgIpc) is 2.38. The molecule has 0 aliphatic carbocycles. The first kappa shape index (κ1) is 14.9. The molecule has 0 bridgehead atoms. The van der Waals surface area contributed by atoms with E-state index in [1.165, 1.54) is 16.4 Å². The van der Waals surface area contributed by atoms with Gasteiger partial charge in [-0.2, -0.15) is 4.31 Å². The first-order valence-corrected chi connectivity index (χ1v) is 8.31. The van der Waals surface area contributed by atoms with Gasteiger partial charge in [-0.05, 0) is 54.0 Å². The number of likely N-dealkylation sites (N-methyl/N-ethyl adjacent to an activating group) is 1. The Kier molecular flexibility index (Phi) is 4.60. The molecule has 0 aromatic heterocycles. The first-order chi connectivity index (χ1) is 8.95. The van der Waals surface area contributed by atoms with Crippen LogP contribution in [0.15, 0.2) is 27.6 Å². The molecule has 1 saturated heterocycles. The van der Waals surface area contributed by atoms with Gasteiger partial charge in [-0.25, -0.2) is 12.8 Å². The molecular formula is C12H16BrFN2O2S. The molecule has 1 heterocycles. The Morgan fingerprint density at radius 3 is 2.84 bits per heavy atom. The average molecular weight is 351 g/mol. The predicted molar refractivity (Wildman–Crippen MR) is 74.9 cm³/mol. The third-order valence-corrected chi connectivity index (χ3v) is 6.15. The Bertz CT molecular complexity index is 565. The number of nitrogens with one attached hydrogen (secondary N) is 1. The van der Waals surface area contributed by atoms with Gasteiger partial charge in [0.15, 0.2) is 0 Å². The van der Waals surface area contributed by atoms with Crippen LogP contribution in [0.2, 0.25) is 0 Å². The summed E-state index contributed by atoms with van der Waals surface area (Å²) in [5.74, 6) is -0.461. The Morgan fingerprint density at radius 2 is 2.21 bits per heavy atom. The fraction of sp³-hybridized carbons (Fsp3) is 0.500. The third kappa shape index (κ3) is 3.16. The minimum absolute atomic E-state index is 0.116. The minimum Gasteiger partial charge on any atom is -0.316 e. The number of rotatable bonds is 3. The monoisotopic (exact) mass is 350 g/mol. The zero-order valence-electron chi connectivity index (χ0n) is 10.6. The van der Waals surface area contributed by atoms with E-state index in [9.17, 15) is 12.8 Å². The Hall–Kier alpha value is -0.500. The maximum atomic E-state index is 13.0. The lowest BCUT2D eigenvalue weighted by molar-refractivity contribution is 0.292. The van der Waals surface area contributed by atoms with Crippen LogP contribution in [0.5, 0.6) is 0 Å². The van der Waals surface area contributed by atoms with Gasteiger partial charge in [0.1, 0.15) is 5.82 Å².